The van der Waals surface area contributed by atoms with Crippen LogP contribution < -0.4 is 21.0 Å². The van der Waals surface area contributed by atoms with Crippen molar-refractivity contribution in [2.45, 2.75) is 19.3 Å². The van der Waals surface area contributed by atoms with Crippen molar-refractivity contribution in [1.82, 2.24) is 15.6 Å². The number of anilines is 1. The number of carbonyl (C=O) groups is 3. The van der Waals surface area contributed by atoms with Crippen LogP contribution in [0, 0.1) is 0 Å². The lowest BCUT2D eigenvalue weighted by atomic mass is 9.72. The molecule has 168 valence electrons. The number of aromatic carboxylic acids is 1. The molecule has 14 heteroatoms. The molecule has 0 aliphatic carbocycles. The zero-order chi connectivity index (χ0) is 23.3. The number of thiazole rings is 1. The Morgan fingerprint density at radius 1 is 1.44 bits per heavy atom. The smallest absolute Gasteiger partial charge is 0.534 e. The van der Waals surface area contributed by atoms with Gasteiger partial charge in [-0.2, -0.15) is 0 Å². The zero-order valence-electron chi connectivity index (χ0n) is 16.9. The number of nitrogens with two attached hydrogens (primary N) is 1. The van der Waals surface area contributed by atoms with Gasteiger partial charge in [-0.1, -0.05) is 17.3 Å². The van der Waals surface area contributed by atoms with E-state index in [2.05, 4.69) is 20.8 Å². The van der Waals surface area contributed by atoms with Crippen LogP contribution in [0.5, 0.6) is 5.75 Å². The summed E-state index contributed by atoms with van der Waals surface area (Å²) in [7, 11) is -1.49. The number of rotatable bonds is 8. The molecule has 1 aliphatic rings. The molecule has 0 bridgehead atoms. The number of nitrogens with zero attached hydrogens (tertiary/aromatic N) is 2. The summed E-state index contributed by atoms with van der Waals surface area (Å²) < 4.78 is 5.38. The van der Waals surface area contributed by atoms with Crippen LogP contribution in [0.2, 0.25) is 0 Å². The number of nitrogen functional groups attached to an aromatic ring is 1. The normalized spacial score (nSPS) is 15.4. The highest BCUT2D eigenvalue weighted by molar-refractivity contribution is 7.13. The van der Waals surface area contributed by atoms with Crippen LogP contribution in [0.25, 0.3) is 0 Å². The van der Waals surface area contributed by atoms with Crippen molar-refractivity contribution < 1.29 is 34.0 Å². The minimum absolute atomic E-state index is 0.0104. The van der Waals surface area contributed by atoms with Gasteiger partial charge in [-0.25, -0.2) is 9.78 Å². The summed E-state index contributed by atoms with van der Waals surface area (Å²) in [5.41, 5.74) is 6.07. The summed E-state index contributed by atoms with van der Waals surface area (Å²) in [6.45, 7) is 1.55. The number of nitrogens with one attached hydrogen (secondary N) is 2. The zero-order valence-corrected chi connectivity index (χ0v) is 17.7. The number of hydrogen-bond donors (Lipinski definition) is 5. The Balaban J connectivity index is 1.75. The number of carboxylic acid groups (broad SMARTS) is 1. The summed E-state index contributed by atoms with van der Waals surface area (Å²) in [4.78, 5) is 44.3. The van der Waals surface area contributed by atoms with Crippen molar-refractivity contribution in [3.05, 3.63) is 40.4 Å². The Hall–Kier alpha value is -3.65. The standard InChI is InChI=1S/C18H20BN5O7S/c1-9(25)21-5-6-30-24-14(12-8-32-18(20)22-12)16(26)23-13-7-10-3-2-4-11(17(27)28)15(10)31-19(13)29/h2-4,8,13,29H,5-7H2,1H3,(H2,20,22)(H,21,25)(H,23,26)(H,27,28). The number of amides is 2. The Kier molecular flexibility index (Phi) is 7.27. The van der Waals surface area contributed by atoms with Crippen molar-refractivity contribution in [2.24, 2.45) is 5.16 Å². The van der Waals surface area contributed by atoms with Gasteiger partial charge >= 0.3 is 13.1 Å². The van der Waals surface area contributed by atoms with Gasteiger partial charge in [0, 0.05) is 12.3 Å². The maximum Gasteiger partial charge on any atom is 0.547 e. The highest BCUT2D eigenvalue weighted by atomic mass is 32.1. The van der Waals surface area contributed by atoms with E-state index in [0.717, 1.165) is 11.3 Å². The van der Waals surface area contributed by atoms with Crippen LogP contribution in [0.1, 0.15) is 28.5 Å². The van der Waals surface area contributed by atoms with E-state index in [1.54, 1.807) is 12.1 Å². The Morgan fingerprint density at radius 2 is 2.22 bits per heavy atom. The number of carboxylic acids is 1. The maximum absolute atomic E-state index is 12.9. The maximum atomic E-state index is 12.9. The topological polar surface area (TPSA) is 185 Å². The molecule has 2 heterocycles. The molecule has 12 nitrogen and oxygen atoms in total. The van der Waals surface area contributed by atoms with E-state index in [0.29, 0.717) is 5.56 Å². The van der Waals surface area contributed by atoms with E-state index in [1.165, 1.54) is 18.4 Å². The van der Waals surface area contributed by atoms with E-state index in [4.69, 9.17) is 15.2 Å². The monoisotopic (exact) mass is 461 g/mol. The average Bonchev–Trinajstić information content (AvgIpc) is 3.16. The highest BCUT2D eigenvalue weighted by Crippen LogP contribution is 2.30. The first-order chi connectivity index (χ1) is 15.3. The average molecular weight is 461 g/mol. The summed E-state index contributed by atoms with van der Waals surface area (Å²) in [6, 6.07) is 4.56. The van der Waals surface area contributed by atoms with Gasteiger partial charge in [-0.3, -0.25) is 9.59 Å². The van der Waals surface area contributed by atoms with Crippen LogP contribution in [-0.4, -0.2) is 64.8 Å². The van der Waals surface area contributed by atoms with Gasteiger partial charge in [0.15, 0.2) is 10.8 Å². The van der Waals surface area contributed by atoms with Crippen LogP contribution in [0.4, 0.5) is 5.13 Å². The molecule has 0 saturated carbocycles. The van der Waals surface area contributed by atoms with Crippen LogP contribution >= 0.6 is 11.3 Å². The molecule has 6 N–H and O–H groups in total. The number of para-hydroxylation sites is 1. The third kappa shape index (κ3) is 5.53. The highest BCUT2D eigenvalue weighted by Gasteiger charge is 2.38. The van der Waals surface area contributed by atoms with E-state index in [9.17, 15) is 24.5 Å². The molecule has 1 aromatic carbocycles. The number of carbonyl (C=O) groups excluding carboxylic acids is 2. The molecule has 0 fully saturated rings. The molecule has 0 spiro atoms. The molecular formula is C18H20BN5O7S. The van der Waals surface area contributed by atoms with E-state index in [1.807, 2.05) is 0 Å². The van der Waals surface area contributed by atoms with Crippen molar-refractivity contribution in [3.63, 3.8) is 0 Å². The minimum Gasteiger partial charge on any atom is -0.534 e. The first-order valence-corrected chi connectivity index (χ1v) is 10.3. The largest absolute Gasteiger partial charge is 0.547 e. The third-order valence-corrected chi connectivity index (χ3v) is 5.04. The molecule has 2 amide bonds. The number of oxime groups is 1. The fourth-order valence-electron chi connectivity index (χ4n) is 2.94. The first kappa shape index (κ1) is 23.0. The predicted octanol–water partition coefficient (Wildman–Crippen LogP) is -0.580. The molecule has 32 heavy (non-hydrogen) atoms. The lowest BCUT2D eigenvalue weighted by Gasteiger charge is -2.28. The molecule has 0 radical (unpaired) electrons. The Labute approximate surface area is 186 Å². The molecule has 1 atom stereocenters. The number of aromatic nitrogens is 1. The van der Waals surface area contributed by atoms with Gasteiger partial charge < -0.3 is 36.0 Å². The van der Waals surface area contributed by atoms with E-state index < -0.39 is 24.9 Å². The van der Waals surface area contributed by atoms with Gasteiger partial charge in [0.1, 0.15) is 18.1 Å². The first-order valence-electron chi connectivity index (χ1n) is 9.42. The van der Waals surface area contributed by atoms with Gasteiger partial charge in [-0.15, -0.1) is 11.3 Å². The van der Waals surface area contributed by atoms with Crippen molar-refractivity contribution in [2.75, 3.05) is 18.9 Å². The SMILES string of the molecule is CC(=O)NCCON=C(C(=O)NC1Cc2cccc(C(=O)O)c2OB1O)c1csc(N)n1. The lowest BCUT2D eigenvalue weighted by molar-refractivity contribution is -0.119. The molecule has 0 saturated heterocycles. The molecular weight excluding hydrogens is 441 g/mol. The summed E-state index contributed by atoms with van der Waals surface area (Å²) in [5.74, 6) is -2.97. The third-order valence-electron chi connectivity index (χ3n) is 4.37. The second-order valence-corrected chi connectivity index (χ2v) is 7.61. The summed E-state index contributed by atoms with van der Waals surface area (Å²) in [5, 5.41) is 30.3. The van der Waals surface area contributed by atoms with Crippen molar-refractivity contribution in [1.29, 1.82) is 0 Å². The lowest BCUT2D eigenvalue weighted by Crippen LogP contribution is -2.54. The van der Waals surface area contributed by atoms with Gasteiger partial charge in [0.2, 0.25) is 5.91 Å². The van der Waals surface area contributed by atoms with Crippen LogP contribution in [0.3, 0.4) is 0 Å². The molecule has 1 aliphatic heterocycles. The van der Waals surface area contributed by atoms with Gasteiger partial charge in [0.25, 0.3) is 5.91 Å². The predicted molar refractivity (Wildman–Crippen MR) is 115 cm³/mol. The van der Waals surface area contributed by atoms with Crippen LogP contribution in [-0.2, 0) is 20.8 Å². The quantitative estimate of drug-likeness (QED) is 0.148. The summed E-state index contributed by atoms with van der Waals surface area (Å²) >= 11 is 1.10. The van der Waals surface area contributed by atoms with Gasteiger partial charge in [0.05, 0.1) is 18.0 Å². The number of benzene rings is 1. The van der Waals surface area contributed by atoms with E-state index in [-0.39, 0.29) is 53.3 Å². The summed E-state index contributed by atoms with van der Waals surface area (Å²) in [6.07, 6.45) is 0.124. The van der Waals surface area contributed by atoms with Crippen molar-refractivity contribution in [3.8, 4) is 5.75 Å². The molecule has 3 rings (SSSR count). The van der Waals surface area contributed by atoms with E-state index >= 15 is 0 Å². The van der Waals surface area contributed by atoms with Gasteiger partial charge in [-0.05, 0) is 18.1 Å². The molecule has 2 aromatic rings. The fourth-order valence-corrected chi connectivity index (χ4v) is 3.48. The van der Waals surface area contributed by atoms with Crippen LogP contribution in [0.15, 0.2) is 28.7 Å². The fraction of sp³-hybridized carbons (Fsp3) is 0.278. The van der Waals surface area contributed by atoms with Crippen molar-refractivity contribution >= 4 is 47.1 Å². The Morgan fingerprint density at radius 3 is 2.88 bits per heavy atom. The number of hydrogen-bond acceptors (Lipinski definition) is 10. The minimum atomic E-state index is -1.49. The molecule has 1 unspecified atom stereocenters. The second-order valence-electron chi connectivity index (χ2n) is 6.72. The number of fused-ring (bicyclic) bond motifs is 1. The molecule has 1 aromatic heterocycles. The second kappa shape index (κ2) is 10.1. The Bertz CT molecular complexity index is 1060.